The summed E-state index contributed by atoms with van der Waals surface area (Å²) in [5.41, 5.74) is 0.629. The second-order valence-corrected chi connectivity index (χ2v) is 6.35. The lowest BCUT2D eigenvalue weighted by atomic mass is 9.98. The summed E-state index contributed by atoms with van der Waals surface area (Å²) in [6, 6.07) is 1.52. The van der Waals surface area contributed by atoms with Gasteiger partial charge in [0.25, 0.3) is 0 Å². The molecule has 3 atom stereocenters. The molecule has 0 aromatic rings. The molecule has 0 bridgehead atoms. The van der Waals surface area contributed by atoms with Gasteiger partial charge in [-0.2, -0.15) is 0 Å². The number of likely N-dealkylation sites (tertiary alicyclic amines) is 1. The summed E-state index contributed by atoms with van der Waals surface area (Å²) in [5.74, 6) is 0.937. The Kier molecular flexibility index (Phi) is 3.09. The van der Waals surface area contributed by atoms with Crippen molar-refractivity contribution in [3.63, 3.8) is 0 Å². The Morgan fingerprint density at radius 1 is 1.40 bits per heavy atom. The average Bonchev–Trinajstić information content (AvgIpc) is 2.77. The standard InChI is InChI=1S/C13H26N2/c1-10-7-12(5-6-15(10)4)14-9-11-8-13(11,2)3/h10-12,14H,5-9H2,1-4H3. The Morgan fingerprint density at radius 3 is 2.60 bits per heavy atom. The number of hydrogen-bond acceptors (Lipinski definition) is 2. The van der Waals surface area contributed by atoms with Crippen LogP contribution < -0.4 is 5.32 Å². The lowest BCUT2D eigenvalue weighted by molar-refractivity contribution is 0.167. The SMILES string of the molecule is CC1CC(NCC2CC2(C)C)CCN1C. The third-order valence-electron chi connectivity index (χ3n) is 4.58. The predicted molar refractivity (Wildman–Crippen MR) is 65.0 cm³/mol. The van der Waals surface area contributed by atoms with E-state index in [1.807, 2.05) is 0 Å². The van der Waals surface area contributed by atoms with Crippen molar-refractivity contribution in [1.82, 2.24) is 10.2 Å². The summed E-state index contributed by atoms with van der Waals surface area (Å²) < 4.78 is 0. The van der Waals surface area contributed by atoms with Crippen molar-refractivity contribution in [1.29, 1.82) is 0 Å². The molecule has 2 nitrogen and oxygen atoms in total. The van der Waals surface area contributed by atoms with Crippen molar-refractivity contribution >= 4 is 0 Å². The summed E-state index contributed by atoms with van der Waals surface area (Å²) in [5, 5.41) is 3.76. The fourth-order valence-corrected chi connectivity index (χ4v) is 2.71. The second-order valence-electron chi connectivity index (χ2n) is 6.35. The third kappa shape index (κ3) is 2.73. The maximum absolute atomic E-state index is 3.76. The monoisotopic (exact) mass is 210 g/mol. The molecule has 0 radical (unpaired) electrons. The highest BCUT2D eigenvalue weighted by Crippen LogP contribution is 2.51. The van der Waals surface area contributed by atoms with Crippen molar-refractivity contribution < 1.29 is 0 Å². The van der Waals surface area contributed by atoms with Crippen LogP contribution in [0.3, 0.4) is 0 Å². The van der Waals surface area contributed by atoms with Gasteiger partial charge >= 0.3 is 0 Å². The van der Waals surface area contributed by atoms with E-state index in [2.05, 4.69) is 38.0 Å². The topological polar surface area (TPSA) is 15.3 Å². The molecular formula is C13H26N2. The zero-order chi connectivity index (χ0) is 11.1. The molecule has 0 aromatic heterocycles. The van der Waals surface area contributed by atoms with Crippen LogP contribution in [0.25, 0.3) is 0 Å². The Hall–Kier alpha value is -0.0800. The van der Waals surface area contributed by atoms with Crippen LogP contribution in [0.5, 0.6) is 0 Å². The summed E-state index contributed by atoms with van der Waals surface area (Å²) in [6.07, 6.45) is 4.07. The Morgan fingerprint density at radius 2 is 2.07 bits per heavy atom. The molecule has 0 amide bonds. The quantitative estimate of drug-likeness (QED) is 0.767. The van der Waals surface area contributed by atoms with Gasteiger partial charge in [0.15, 0.2) is 0 Å². The van der Waals surface area contributed by atoms with E-state index in [1.54, 1.807) is 0 Å². The molecule has 2 rings (SSSR count). The molecule has 1 N–H and O–H groups in total. The molecule has 15 heavy (non-hydrogen) atoms. The van der Waals surface area contributed by atoms with Crippen LogP contribution in [0, 0.1) is 11.3 Å². The minimum Gasteiger partial charge on any atom is -0.314 e. The lowest BCUT2D eigenvalue weighted by Crippen LogP contribution is -2.46. The number of nitrogens with zero attached hydrogens (tertiary/aromatic N) is 1. The van der Waals surface area contributed by atoms with E-state index in [1.165, 1.54) is 32.4 Å². The highest BCUT2D eigenvalue weighted by atomic mass is 15.1. The summed E-state index contributed by atoms with van der Waals surface area (Å²) in [4.78, 5) is 2.47. The first-order valence-electron chi connectivity index (χ1n) is 6.42. The van der Waals surface area contributed by atoms with Gasteiger partial charge in [-0.3, -0.25) is 0 Å². The minimum atomic E-state index is 0.629. The molecule has 1 saturated heterocycles. The van der Waals surface area contributed by atoms with Crippen LogP contribution in [0.15, 0.2) is 0 Å². The molecule has 3 unspecified atom stereocenters. The molecule has 2 heteroatoms. The van der Waals surface area contributed by atoms with E-state index in [4.69, 9.17) is 0 Å². The Balaban J connectivity index is 1.68. The minimum absolute atomic E-state index is 0.629. The van der Waals surface area contributed by atoms with E-state index in [9.17, 15) is 0 Å². The predicted octanol–water partition coefficient (Wildman–Crippen LogP) is 2.10. The van der Waals surface area contributed by atoms with E-state index >= 15 is 0 Å². The number of rotatable bonds is 3. The van der Waals surface area contributed by atoms with Crippen LogP contribution in [0.4, 0.5) is 0 Å². The van der Waals surface area contributed by atoms with E-state index in [0.29, 0.717) is 5.41 Å². The lowest BCUT2D eigenvalue weighted by Gasteiger charge is -2.35. The van der Waals surface area contributed by atoms with Gasteiger partial charge in [0.1, 0.15) is 0 Å². The van der Waals surface area contributed by atoms with Crippen molar-refractivity contribution in [3.05, 3.63) is 0 Å². The molecule has 1 aliphatic carbocycles. The van der Waals surface area contributed by atoms with Crippen molar-refractivity contribution in [2.24, 2.45) is 11.3 Å². The summed E-state index contributed by atoms with van der Waals surface area (Å²) >= 11 is 0. The smallest absolute Gasteiger partial charge is 0.00941 e. The molecule has 88 valence electrons. The Bertz CT molecular complexity index is 225. The molecular weight excluding hydrogens is 184 g/mol. The van der Waals surface area contributed by atoms with Crippen molar-refractivity contribution in [2.75, 3.05) is 20.1 Å². The van der Waals surface area contributed by atoms with Gasteiger partial charge in [-0.25, -0.2) is 0 Å². The highest BCUT2D eigenvalue weighted by molar-refractivity contribution is 4.97. The van der Waals surface area contributed by atoms with E-state index in [0.717, 1.165) is 18.0 Å². The van der Waals surface area contributed by atoms with Crippen LogP contribution in [-0.4, -0.2) is 37.1 Å². The van der Waals surface area contributed by atoms with Gasteiger partial charge in [-0.1, -0.05) is 13.8 Å². The molecule has 1 aliphatic heterocycles. The zero-order valence-electron chi connectivity index (χ0n) is 10.7. The molecule has 0 spiro atoms. The van der Waals surface area contributed by atoms with Gasteiger partial charge in [0.05, 0.1) is 0 Å². The number of nitrogens with one attached hydrogen (secondary N) is 1. The van der Waals surface area contributed by atoms with Gasteiger partial charge in [0.2, 0.25) is 0 Å². The second kappa shape index (κ2) is 4.06. The van der Waals surface area contributed by atoms with Gasteiger partial charge in [-0.05, 0) is 57.7 Å². The fraction of sp³-hybridized carbons (Fsp3) is 1.00. The average molecular weight is 210 g/mol. The van der Waals surface area contributed by atoms with Crippen LogP contribution >= 0.6 is 0 Å². The molecule has 1 heterocycles. The first kappa shape index (κ1) is 11.4. The summed E-state index contributed by atoms with van der Waals surface area (Å²) in [6.45, 7) is 9.61. The molecule has 2 aliphatic rings. The van der Waals surface area contributed by atoms with Gasteiger partial charge in [-0.15, -0.1) is 0 Å². The van der Waals surface area contributed by atoms with E-state index < -0.39 is 0 Å². The normalized spacial score (nSPS) is 40.4. The number of piperidine rings is 1. The van der Waals surface area contributed by atoms with E-state index in [-0.39, 0.29) is 0 Å². The van der Waals surface area contributed by atoms with Crippen molar-refractivity contribution in [3.8, 4) is 0 Å². The first-order valence-corrected chi connectivity index (χ1v) is 6.42. The largest absolute Gasteiger partial charge is 0.314 e. The van der Waals surface area contributed by atoms with Gasteiger partial charge < -0.3 is 10.2 Å². The van der Waals surface area contributed by atoms with Gasteiger partial charge in [0, 0.05) is 12.1 Å². The Labute approximate surface area is 94.4 Å². The highest BCUT2D eigenvalue weighted by Gasteiger charge is 2.45. The third-order valence-corrected chi connectivity index (χ3v) is 4.58. The maximum Gasteiger partial charge on any atom is 0.00941 e. The van der Waals surface area contributed by atoms with Crippen LogP contribution in [0.1, 0.15) is 40.0 Å². The van der Waals surface area contributed by atoms with Crippen molar-refractivity contribution in [2.45, 2.75) is 52.1 Å². The fourth-order valence-electron chi connectivity index (χ4n) is 2.71. The first-order chi connectivity index (χ1) is 6.99. The molecule has 2 fully saturated rings. The zero-order valence-corrected chi connectivity index (χ0v) is 10.7. The molecule has 0 aromatic carbocycles. The number of hydrogen-bond donors (Lipinski definition) is 1. The van der Waals surface area contributed by atoms with Crippen LogP contribution in [0.2, 0.25) is 0 Å². The van der Waals surface area contributed by atoms with Crippen LogP contribution in [-0.2, 0) is 0 Å². The summed E-state index contributed by atoms with van der Waals surface area (Å²) in [7, 11) is 2.24. The maximum atomic E-state index is 3.76. The molecule has 1 saturated carbocycles.